The summed E-state index contributed by atoms with van der Waals surface area (Å²) in [6.45, 7) is 12.4. The van der Waals surface area contributed by atoms with Crippen molar-refractivity contribution in [1.82, 2.24) is 19.8 Å². The van der Waals surface area contributed by atoms with Crippen LogP contribution in [0.15, 0.2) is 35.4 Å². The lowest BCUT2D eigenvalue weighted by molar-refractivity contribution is 0.590. The summed E-state index contributed by atoms with van der Waals surface area (Å²) in [7, 11) is 0. The Kier molecular flexibility index (Phi) is 4.29. The molecule has 0 unspecified atom stereocenters. The van der Waals surface area contributed by atoms with E-state index in [2.05, 4.69) is 58.7 Å². The van der Waals surface area contributed by atoms with Crippen LogP contribution in [0.4, 0.5) is 5.69 Å². The van der Waals surface area contributed by atoms with Crippen molar-refractivity contribution in [3.05, 3.63) is 53.0 Å². The first kappa shape index (κ1) is 17.1. The van der Waals surface area contributed by atoms with E-state index in [9.17, 15) is 0 Å². The molecule has 1 aromatic carbocycles. The van der Waals surface area contributed by atoms with Crippen LogP contribution in [0, 0.1) is 13.8 Å². The van der Waals surface area contributed by atoms with Crippen LogP contribution in [-0.2, 0) is 5.41 Å². The molecule has 3 rings (SSSR count). The van der Waals surface area contributed by atoms with Gasteiger partial charge in [-0.05, 0) is 43.9 Å². The van der Waals surface area contributed by atoms with Crippen molar-refractivity contribution in [2.75, 3.05) is 5.43 Å². The van der Waals surface area contributed by atoms with Gasteiger partial charge < -0.3 is 0 Å². The van der Waals surface area contributed by atoms with Crippen molar-refractivity contribution < 1.29 is 0 Å². The topological polar surface area (TPSA) is 67.5 Å². The minimum atomic E-state index is 0.141. The molecule has 0 amide bonds. The number of rotatable bonds is 3. The fourth-order valence-corrected chi connectivity index (χ4v) is 2.66. The Morgan fingerprint density at radius 2 is 1.76 bits per heavy atom. The Morgan fingerprint density at radius 1 is 1.08 bits per heavy atom. The van der Waals surface area contributed by atoms with Crippen LogP contribution in [-0.4, -0.2) is 25.5 Å². The predicted molar refractivity (Wildman–Crippen MR) is 101 cm³/mol. The highest BCUT2D eigenvalue weighted by molar-refractivity contribution is 5.98. The van der Waals surface area contributed by atoms with E-state index in [4.69, 9.17) is 0 Å². The summed E-state index contributed by atoms with van der Waals surface area (Å²) in [6.07, 6.45) is 0. The van der Waals surface area contributed by atoms with E-state index in [1.54, 1.807) is 4.52 Å². The molecule has 0 spiro atoms. The molecule has 130 valence electrons. The van der Waals surface area contributed by atoms with Crippen LogP contribution in [0.5, 0.6) is 0 Å². The zero-order chi connectivity index (χ0) is 18.2. The van der Waals surface area contributed by atoms with Gasteiger partial charge in [0.05, 0.1) is 22.8 Å². The predicted octanol–water partition coefficient (Wildman–Crippen LogP) is 3.87. The molecule has 3 aromatic rings. The van der Waals surface area contributed by atoms with Gasteiger partial charge in [0, 0.05) is 6.07 Å². The van der Waals surface area contributed by atoms with Crippen molar-refractivity contribution >= 4 is 17.0 Å². The number of aryl methyl sites for hydroxylation is 2. The second-order valence-corrected chi connectivity index (χ2v) is 7.33. The van der Waals surface area contributed by atoms with Gasteiger partial charge in [-0.3, -0.25) is 5.43 Å². The van der Waals surface area contributed by atoms with Gasteiger partial charge in [-0.25, -0.2) is 4.52 Å². The highest BCUT2D eigenvalue weighted by Gasteiger charge is 2.13. The fraction of sp³-hybridized carbons (Fsp3) is 0.368. The Balaban J connectivity index is 1.83. The van der Waals surface area contributed by atoms with E-state index in [1.807, 2.05) is 39.0 Å². The van der Waals surface area contributed by atoms with Gasteiger partial charge in [0.1, 0.15) is 5.69 Å². The summed E-state index contributed by atoms with van der Waals surface area (Å²) in [5, 5.41) is 17.4. The van der Waals surface area contributed by atoms with Gasteiger partial charge >= 0.3 is 0 Å². The Hall–Kier alpha value is -2.76. The second kappa shape index (κ2) is 6.27. The van der Waals surface area contributed by atoms with Crippen LogP contribution < -0.4 is 5.43 Å². The lowest BCUT2D eigenvalue weighted by Crippen LogP contribution is -2.12. The van der Waals surface area contributed by atoms with Gasteiger partial charge in [0.15, 0.2) is 5.65 Å². The molecular weight excluding hydrogens is 312 g/mol. The molecule has 2 heterocycles. The van der Waals surface area contributed by atoms with E-state index in [1.165, 1.54) is 5.56 Å². The summed E-state index contributed by atoms with van der Waals surface area (Å²) in [5.41, 5.74) is 9.54. The van der Waals surface area contributed by atoms with E-state index in [-0.39, 0.29) is 5.41 Å². The summed E-state index contributed by atoms with van der Waals surface area (Å²) in [5.74, 6) is 0. The van der Waals surface area contributed by atoms with Crippen LogP contribution in [0.1, 0.15) is 50.3 Å². The summed E-state index contributed by atoms with van der Waals surface area (Å²) in [6, 6.07) is 10.2. The van der Waals surface area contributed by atoms with E-state index >= 15 is 0 Å². The smallest absolute Gasteiger partial charge is 0.177 e. The van der Waals surface area contributed by atoms with Crippen LogP contribution in [0.25, 0.3) is 5.65 Å². The average Bonchev–Trinajstić information content (AvgIpc) is 2.94. The van der Waals surface area contributed by atoms with Gasteiger partial charge in [-0.15, -0.1) is 10.2 Å². The molecule has 0 radical (unpaired) electrons. The molecule has 0 saturated heterocycles. The maximum atomic E-state index is 4.45. The molecule has 0 fully saturated rings. The maximum Gasteiger partial charge on any atom is 0.177 e. The van der Waals surface area contributed by atoms with Crippen molar-refractivity contribution in [2.24, 2.45) is 5.10 Å². The van der Waals surface area contributed by atoms with Gasteiger partial charge in [0.2, 0.25) is 0 Å². The Bertz CT molecular complexity index is 929. The Morgan fingerprint density at radius 3 is 2.40 bits per heavy atom. The van der Waals surface area contributed by atoms with Gasteiger partial charge in [-0.1, -0.05) is 32.9 Å². The number of nitrogens with zero attached hydrogens (tertiary/aromatic N) is 5. The van der Waals surface area contributed by atoms with Crippen LogP contribution >= 0.6 is 0 Å². The number of aromatic nitrogens is 4. The fourth-order valence-electron chi connectivity index (χ4n) is 2.66. The molecule has 0 bridgehead atoms. The van der Waals surface area contributed by atoms with Crippen molar-refractivity contribution in [3.8, 4) is 0 Å². The number of hydrogen-bond acceptors (Lipinski definition) is 5. The molecule has 0 aliphatic carbocycles. The number of fused-ring (bicyclic) bond motifs is 1. The molecular formula is C19H24N6. The lowest BCUT2D eigenvalue weighted by Gasteiger charge is -2.19. The molecule has 0 aliphatic heterocycles. The second-order valence-electron chi connectivity index (χ2n) is 7.33. The van der Waals surface area contributed by atoms with Crippen molar-refractivity contribution in [1.29, 1.82) is 0 Å². The number of benzene rings is 1. The number of hydrazone groups is 1. The highest BCUT2D eigenvalue weighted by Crippen LogP contribution is 2.23. The monoisotopic (exact) mass is 336 g/mol. The molecule has 1 N–H and O–H groups in total. The molecule has 2 aromatic heterocycles. The number of anilines is 1. The maximum absolute atomic E-state index is 4.45. The van der Waals surface area contributed by atoms with Crippen LogP contribution in [0.2, 0.25) is 0 Å². The van der Waals surface area contributed by atoms with Gasteiger partial charge in [0.25, 0.3) is 0 Å². The quantitative estimate of drug-likeness (QED) is 0.582. The lowest BCUT2D eigenvalue weighted by atomic mass is 9.87. The summed E-state index contributed by atoms with van der Waals surface area (Å²) in [4.78, 5) is 0. The molecule has 0 saturated carbocycles. The largest absolute Gasteiger partial charge is 0.278 e. The summed E-state index contributed by atoms with van der Waals surface area (Å²) < 4.78 is 1.80. The van der Waals surface area contributed by atoms with Crippen LogP contribution in [0.3, 0.4) is 0 Å². The number of hydrogen-bond donors (Lipinski definition) is 1. The minimum absolute atomic E-state index is 0.141. The highest BCUT2D eigenvalue weighted by atomic mass is 15.3. The van der Waals surface area contributed by atoms with E-state index in [0.29, 0.717) is 0 Å². The third-order valence-corrected chi connectivity index (χ3v) is 4.17. The average molecular weight is 336 g/mol. The molecule has 6 nitrogen and oxygen atoms in total. The SMILES string of the molecule is C/C(=N/Nc1ccc(C(C)(C)C)cc1)c1nnc2cc(C)nn2c1C. The zero-order valence-corrected chi connectivity index (χ0v) is 15.6. The van der Waals surface area contributed by atoms with Crippen molar-refractivity contribution in [3.63, 3.8) is 0 Å². The van der Waals surface area contributed by atoms with E-state index < -0.39 is 0 Å². The summed E-state index contributed by atoms with van der Waals surface area (Å²) >= 11 is 0. The Labute approximate surface area is 148 Å². The molecule has 25 heavy (non-hydrogen) atoms. The first-order chi connectivity index (χ1) is 11.8. The normalized spacial score (nSPS) is 12.6. The third kappa shape index (κ3) is 3.52. The minimum Gasteiger partial charge on any atom is -0.278 e. The molecule has 6 heteroatoms. The van der Waals surface area contributed by atoms with Gasteiger partial charge in [-0.2, -0.15) is 10.2 Å². The first-order valence-corrected chi connectivity index (χ1v) is 8.36. The third-order valence-electron chi connectivity index (χ3n) is 4.17. The first-order valence-electron chi connectivity index (χ1n) is 8.36. The molecule has 0 aliphatic rings. The van der Waals surface area contributed by atoms with E-state index in [0.717, 1.165) is 34.1 Å². The molecule has 0 atom stereocenters. The standard InChI is InChI=1S/C19H24N6/c1-12-11-17-22-23-18(14(3)25(17)24-12)13(2)20-21-16-9-7-15(8-10-16)19(4,5)6/h7-11,21H,1-6H3/b20-13-. The van der Waals surface area contributed by atoms with Crippen molar-refractivity contribution in [2.45, 2.75) is 47.0 Å². The zero-order valence-electron chi connectivity index (χ0n) is 15.6. The number of nitrogens with one attached hydrogen (secondary N) is 1.